The highest BCUT2D eigenvalue weighted by Crippen LogP contribution is 2.14. The molecular formula is C11H15ClF2N2O2. The molecule has 0 bridgehead atoms. The number of carbonyl (C=O) groups excluding carboxylic acids is 1. The average Bonchev–Trinajstić information content (AvgIpc) is 2.28. The number of amides is 1. The summed E-state index contributed by atoms with van der Waals surface area (Å²) in [4.78, 5) is 11.6. The fraction of sp³-hybridized carbons (Fsp3) is 0.364. The van der Waals surface area contributed by atoms with Crippen LogP contribution in [0.3, 0.4) is 0 Å². The van der Waals surface area contributed by atoms with Crippen molar-refractivity contribution < 1.29 is 18.3 Å². The Morgan fingerprint density at radius 1 is 1.39 bits per heavy atom. The first-order valence-electron chi connectivity index (χ1n) is 5.08. The second-order valence-corrected chi connectivity index (χ2v) is 3.51. The molecule has 0 aromatic heterocycles. The van der Waals surface area contributed by atoms with Crippen LogP contribution in [-0.2, 0) is 0 Å². The molecule has 0 aliphatic carbocycles. The van der Waals surface area contributed by atoms with Gasteiger partial charge in [-0.25, -0.2) is 0 Å². The third-order valence-corrected chi connectivity index (χ3v) is 2.07. The Bertz CT molecular complexity index is 374. The normalized spacial score (nSPS) is 11.6. The molecule has 0 aliphatic rings. The van der Waals surface area contributed by atoms with E-state index in [1.807, 2.05) is 0 Å². The number of rotatable bonds is 5. The second-order valence-electron chi connectivity index (χ2n) is 3.51. The lowest BCUT2D eigenvalue weighted by Crippen LogP contribution is -2.37. The molecule has 0 unspecified atom stereocenters. The highest BCUT2D eigenvalue weighted by atomic mass is 35.5. The van der Waals surface area contributed by atoms with Crippen molar-refractivity contribution in [1.29, 1.82) is 0 Å². The van der Waals surface area contributed by atoms with Gasteiger partial charge in [-0.1, -0.05) is 0 Å². The van der Waals surface area contributed by atoms with Gasteiger partial charge in [0.15, 0.2) is 0 Å². The molecule has 0 radical (unpaired) electrons. The van der Waals surface area contributed by atoms with Gasteiger partial charge in [-0.3, -0.25) is 4.79 Å². The van der Waals surface area contributed by atoms with Crippen molar-refractivity contribution in [3.05, 3.63) is 29.8 Å². The van der Waals surface area contributed by atoms with E-state index in [1.165, 1.54) is 24.3 Å². The molecule has 0 aliphatic heterocycles. The molecule has 0 saturated heterocycles. The van der Waals surface area contributed by atoms with E-state index < -0.39 is 6.61 Å². The molecule has 0 saturated carbocycles. The highest BCUT2D eigenvalue weighted by molar-refractivity contribution is 5.94. The molecule has 7 heteroatoms. The number of carbonyl (C=O) groups is 1. The van der Waals surface area contributed by atoms with E-state index in [0.29, 0.717) is 12.1 Å². The smallest absolute Gasteiger partial charge is 0.387 e. The van der Waals surface area contributed by atoms with E-state index in [-0.39, 0.29) is 30.1 Å². The third-order valence-electron chi connectivity index (χ3n) is 2.07. The van der Waals surface area contributed by atoms with Gasteiger partial charge in [-0.05, 0) is 31.2 Å². The fourth-order valence-electron chi connectivity index (χ4n) is 1.15. The molecule has 0 spiro atoms. The van der Waals surface area contributed by atoms with Gasteiger partial charge in [-0.2, -0.15) is 8.78 Å². The SMILES string of the molecule is C[C@H](CN)NC(=O)c1ccc(OC(F)F)cc1.Cl. The van der Waals surface area contributed by atoms with Gasteiger partial charge in [0.1, 0.15) is 5.75 Å². The van der Waals surface area contributed by atoms with Crippen molar-refractivity contribution in [2.45, 2.75) is 19.6 Å². The van der Waals surface area contributed by atoms with Crippen molar-refractivity contribution in [2.75, 3.05) is 6.54 Å². The maximum atomic E-state index is 11.9. The summed E-state index contributed by atoms with van der Waals surface area (Å²) in [5, 5.41) is 2.65. The van der Waals surface area contributed by atoms with Crippen LogP contribution in [0.4, 0.5) is 8.78 Å². The summed E-state index contributed by atoms with van der Waals surface area (Å²) in [5.74, 6) is -0.282. The van der Waals surface area contributed by atoms with Crippen molar-refractivity contribution in [3.8, 4) is 5.75 Å². The molecule has 1 rings (SSSR count). The summed E-state index contributed by atoms with van der Waals surface area (Å²) in [6.45, 7) is -0.767. The number of benzene rings is 1. The van der Waals surface area contributed by atoms with Gasteiger partial charge in [0, 0.05) is 18.2 Å². The molecule has 0 heterocycles. The number of halogens is 3. The van der Waals surface area contributed by atoms with Crippen LogP contribution in [0.15, 0.2) is 24.3 Å². The van der Waals surface area contributed by atoms with E-state index in [2.05, 4.69) is 10.1 Å². The monoisotopic (exact) mass is 280 g/mol. The zero-order valence-corrected chi connectivity index (χ0v) is 10.5. The van der Waals surface area contributed by atoms with E-state index in [1.54, 1.807) is 6.92 Å². The number of alkyl halides is 2. The summed E-state index contributed by atoms with van der Waals surface area (Å²) in [5.41, 5.74) is 5.73. The standard InChI is InChI=1S/C11H14F2N2O2.ClH/c1-7(6-14)15-10(16)8-2-4-9(5-3-8)17-11(12)13;/h2-5,7,11H,6,14H2,1H3,(H,15,16);1H/t7-;/m1./s1. The quantitative estimate of drug-likeness (QED) is 0.864. The lowest BCUT2D eigenvalue weighted by molar-refractivity contribution is -0.0498. The molecular weight excluding hydrogens is 266 g/mol. The molecule has 18 heavy (non-hydrogen) atoms. The Hall–Kier alpha value is -1.40. The van der Waals surface area contributed by atoms with Crippen molar-refractivity contribution >= 4 is 18.3 Å². The first-order chi connectivity index (χ1) is 8.02. The van der Waals surface area contributed by atoms with Gasteiger partial charge in [0.2, 0.25) is 0 Å². The summed E-state index contributed by atoms with van der Waals surface area (Å²) in [6.07, 6.45) is 0. The molecule has 1 atom stereocenters. The lowest BCUT2D eigenvalue weighted by atomic mass is 10.2. The van der Waals surface area contributed by atoms with Crippen molar-refractivity contribution in [2.24, 2.45) is 5.73 Å². The molecule has 1 aromatic rings. The lowest BCUT2D eigenvalue weighted by Gasteiger charge is -2.11. The zero-order valence-electron chi connectivity index (χ0n) is 9.73. The largest absolute Gasteiger partial charge is 0.435 e. The highest BCUT2D eigenvalue weighted by Gasteiger charge is 2.09. The minimum atomic E-state index is -2.87. The minimum Gasteiger partial charge on any atom is -0.435 e. The molecule has 1 aromatic carbocycles. The first kappa shape index (κ1) is 16.6. The van der Waals surface area contributed by atoms with Crippen LogP contribution in [0.5, 0.6) is 5.75 Å². The molecule has 4 nitrogen and oxygen atoms in total. The van der Waals surface area contributed by atoms with Gasteiger partial charge >= 0.3 is 6.61 Å². The summed E-state index contributed by atoms with van der Waals surface area (Å²) in [6, 6.07) is 5.31. The Morgan fingerprint density at radius 2 is 1.94 bits per heavy atom. The van der Waals surface area contributed by atoms with Crippen LogP contribution >= 0.6 is 12.4 Å². The van der Waals surface area contributed by atoms with Crippen LogP contribution in [0, 0.1) is 0 Å². The second kappa shape index (κ2) is 7.84. The average molecular weight is 281 g/mol. The Morgan fingerprint density at radius 3 is 2.39 bits per heavy atom. The third kappa shape index (κ3) is 5.29. The maximum Gasteiger partial charge on any atom is 0.387 e. The fourth-order valence-corrected chi connectivity index (χ4v) is 1.15. The maximum absolute atomic E-state index is 11.9. The predicted molar refractivity (Wildman–Crippen MR) is 66.3 cm³/mol. The van der Waals surface area contributed by atoms with Gasteiger partial charge in [0.25, 0.3) is 5.91 Å². The number of hydrogen-bond acceptors (Lipinski definition) is 3. The van der Waals surface area contributed by atoms with E-state index in [9.17, 15) is 13.6 Å². The van der Waals surface area contributed by atoms with E-state index in [0.717, 1.165) is 0 Å². The number of hydrogen-bond donors (Lipinski definition) is 2. The topological polar surface area (TPSA) is 64.3 Å². The first-order valence-corrected chi connectivity index (χ1v) is 5.08. The van der Waals surface area contributed by atoms with E-state index in [4.69, 9.17) is 5.73 Å². The van der Waals surface area contributed by atoms with Gasteiger partial charge < -0.3 is 15.8 Å². The van der Waals surface area contributed by atoms with E-state index >= 15 is 0 Å². The summed E-state index contributed by atoms with van der Waals surface area (Å²) in [7, 11) is 0. The summed E-state index contributed by atoms with van der Waals surface area (Å²) >= 11 is 0. The number of ether oxygens (including phenoxy) is 1. The Kier molecular flexibility index (Phi) is 7.23. The van der Waals surface area contributed by atoms with Crippen LogP contribution in [-0.4, -0.2) is 25.1 Å². The Balaban J connectivity index is 0.00000289. The molecule has 0 fully saturated rings. The van der Waals surface area contributed by atoms with Crippen LogP contribution in [0.25, 0.3) is 0 Å². The van der Waals surface area contributed by atoms with Gasteiger partial charge in [-0.15, -0.1) is 12.4 Å². The van der Waals surface area contributed by atoms with Crippen LogP contribution < -0.4 is 15.8 Å². The molecule has 102 valence electrons. The minimum absolute atomic E-state index is 0. The predicted octanol–water partition coefficient (Wildman–Crippen LogP) is 1.79. The van der Waals surface area contributed by atoms with Crippen molar-refractivity contribution in [1.82, 2.24) is 5.32 Å². The zero-order chi connectivity index (χ0) is 12.8. The van der Waals surface area contributed by atoms with Crippen LogP contribution in [0.2, 0.25) is 0 Å². The number of nitrogens with two attached hydrogens (primary N) is 1. The summed E-state index contributed by atoms with van der Waals surface area (Å²) < 4.78 is 27.9. The molecule has 1 amide bonds. The van der Waals surface area contributed by atoms with Crippen molar-refractivity contribution in [3.63, 3.8) is 0 Å². The van der Waals surface area contributed by atoms with Gasteiger partial charge in [0.05, 0.1) is 0 Å². The number of nitrogens with one attached hydrogen (secondary N) is 1. The molecule has 3 N–H and O–H groups in total. The van der Waals surface area contributed by atoms with Crippen LogP contribution in [0.1, 0.15) is 17.3 Å². The Labute approximate surface area is 110 Å².